The van der Waals surface area contributed by atoms with Gasteiger partial charge >= 0.3 is 0 Å². The fourth-order valence-electron chi connectivity index (χ4n) is 2.36. The van der Waals surface area contributed by atoms with E-state index in [4.69, 9.17) is 11.6 Å². The third-order valence-corrected chi connectivity index (χ3v) is 3.85. The van der Waals surface area contributed by atoms with E-state index < -0.39 is 0 Å². The highest BCUT2D eigenvalue weighted by atomic mass is 35.5. The minimum atomic E-state index is -0.280. The summed E-state index contributed by atoms with van der Waals surface area (Å²) in [5.41, 5.74) is 0.676. The van der Waals surface area contributed by atoms with Crippen molar-refractivity contribution in [2.45, 2.75) is 25.9 Å². The van der Waals surface area contributed by atoms with Crippen molar-refractivity contribution in [2.75, 3.05) is 13.1 Å². The summed E-state index contributed by atoms with van der Waals surface area (Å²) in [4.78, 5) is 14.1. The van der Waals surface area contributed by atoms with Crippen LogP contribution in [0.3, 0.4) is 0 Å². The smallest absolute Gasteiger partial charge is 0.253 e. The lowest BCUT2D eigenvalue weighted by Gasteiger charge is -2.33. The molecule has 0 aliphatic carbocycles. The zero-order chi connectivity index (χ0) is 13.1. The zero-order valence-electron chi connectivity index (χ0n) is 10.5. The molecule has 4 heteroatoms. The Morgan fingerprint density at radius 2 is 1.89 bits per heavy atom. The van der Waals surface area contributed by atoms with Gasteiger partial charge in [-0.1, -0.05) is 11.6 Å². The van der Waals surface area contributed by atoms with Crippen molar-refractivity contribution in [3.05, 3.63) is 34.9 Å². The zero-order valence-corrected chi connectivity index (χ0v) is 11.2. The van der Waals surface area contributed by atoms with Crippen LogP contribution < -0.4 is 0 Å². The number of benzene rings is 1. The van der Waals surface area contributed by atoms with Gasteiger partial charge in [0.1, 0.15) is 0 Å². The van der Waals surface area contributed by atoms with Crippen LogP contribution >= 0.6 is 11.6 Å². The topological polar surface area (TPSA) is 40.5 Å². The maximum absolute atomic E-state index is 12.2. The molecule has 0 spiro atoms. The molecule has 3 nitrogen and oxygen atoms in total. The van der Waals surface area contributed by atoms with Crippen molar-refractivity contribution in [2.24, 2.45) is 5.92 Å². The van der Waals surface area contributed by atoms with E-state index in [1.165, 1.54) is 0 Å². The van der Waals surface area contributed by atoms with E-state index in [9.17, 15) is 9.90 Å². The number of nitrogens with zero attached hydrogens (tertiary/aromatic N) is 1. The van der Waals surface area contributed by atoms with Gasteiger partial charge in [-0.15, -0.1) is 0 Å². The number of halogens is 1. The third kappa shape index (κ3) is 3.03. The minimum Gasteiger partial charge on any atom is -0.393 e. The van der Waals surface area contributed by atoms with E-state index in [2.05, 4.69) is 0 Å². The number of amides is 1. The first-order valence-corrected chi connectivity index (χ1v) is 6.68. The van der Waals surface area contributed by atoms with Crippen molar-refractivity contribution in [3.8, 4) is 0 Å². The molecule has 1 fully saturated rings. The summed E-state index contributed by atoms with van der Waals surface area (Å²) < 4.78 is 0. The van der Waals surface area contributed by atoms with E-state index in [1.807, 2.05) is 11.8 Å². The van der Waals surface area contributed by atoms with E-state index in [0.717, 1.165) is 25.9 Å². The molecule has 1 aliphatic heterocycles. The summed E-state index contributed by atoms with van der Waals surface area (Å²) in [5, 5.41) is 10.2. The number of hydrogen-bond donors (Lipinski definition) is 1. The van der Waals surface area contributed by atoms with Crippen LogP contribution in [0.25, 0.3) is 0 Å². The molecule has 1 amide bonds. The summed E-state index contributed by atoms with van der Waals surface area (Å²) in [6.45, 7) is 3.26. The summed E-state index contributed by atoms with van der Waals surface area (Å²) >= 11 is 5.80. The normalized spacial score (nSPS) is 18.7. The van der Waals surface area contributed by atoms with E-state index >= 15 is 0 Å². The second kappa shape index (κ2) is 5.72. The number of aliphatic hydroxyl groups is 1. The highest BCUT2D eigenvalue weighted by Gasteiger charge is 2.25. The first kappa shape index (κ1) is 13.4. The van der Waals surface area contributed by atoms with Crippen molar-refractivity contribution in [1.29, 1.82) is 0 Å². The molecule has 0 bridgehead atoms. The quantitative estimate of drug-likeness (QED) is 0.895. The van der Waals surface area contributed by atoms with Crippen molar-refractivity contribution in [3.63, 3.8) is 0 Å². The Labute approximate surface area is 112 Å². The number of likely N-dealkylation sites (tertiary alicyclic amines) is 1. The second-order valence-electron chi connectivity index (χ2n) is 4.88. The lowest BCUT2D eigenvalue weighted by Crippen LogP contribution is -2.40. The van der Waals surface area contributed by atoms with Crippen molar-refractivity contribution >= 4 is 17.5 Å². The van der Waals surface area contributed by atoms with E-state index in [0.29, 0.717) is 16.5 Å². The second-order valence-corrected chi connectivity index (χ2v) is 5.31. The standard InChI is InChI=1S/C14H18ClNO2/c1-10(17)11-6-8-16(9-7-11)14(18)12-2-4-13(15)5-3-12/h2-5,10-11,17H,6-9H2,1H3. The highest BCUT2D eigenvalue weighted by Crippen LogP contribution is 2.22. The Kier molecular flexibility index (Phi) is 4.25. The van der Waals surface area contributed by atoms with Crippen LogP contribution in [0, 0.1) is 5.92 Å². The van der Waals surface area contributed by atoms with Gasteiger partial charge in [0, 0.05) is 23.7 Å². The van der Waals surface area contributed by atoms with E-state index in [-0.39, 0.29) is 12.0 Å². The van der Waals surface area contributed by atoms with Gasteiger partial charge in [-0.05, 0) is 49.9 Å². The van der Waals surface area contributed by atoms with Crippen LogP contribution in [0.2, 0.25) is 5.02 Å². The first-order chi connectivity index (χ1) is 8.58. The molecule has 1 N–H and O–H groups in total. The van der Waals surface area contributed by atoms with Crippen LogP contribution in [0.15, 0.2) is 24.3 Å². The molecule has 0 radical (unpaired) electrons. The molecular formula is C14H18ClNO2. The Morgan fingerprint density at radius 3 is 2.39 bits per heavy atom. The average molecular weight is 268 g/mol. The average Bonchev–Trinajstić information content (AvgIpc) is 2.39. The molecule has 1 saturated heterocycles. The molecule has 0 saturated carbocycles. The lowest BCUT2D eigenvalue weighted by molar-refractivity contribution is 0.0521. The predicted molar refractivity (Wildman–Crippen MR) is 71.8 cm³/mol. The molecular weight excluding hydrogens is 250 g/mol. The minimum absolute atomic E-state index is 0.0516. The number of piperidine rings is 1. The molecule has 1 heterocycles. The van der Waals surface area contributed by atoms with Gasteiger partial charge in [0.15, 0.2) is 0 Å². The van der Waals surface area contributed by atoms with Gasteiger partial charge in [0.05, 0.1) is 6.10 Å². The largest absolute Gasteiger partial charge is 0.393 e. The number of rotatable bonds is 2. The lowest BCUT2D eigenvalue weighted by atomic mass is 9.92. The summed E-state index contributed by atoms with van der Waals surface area (Å²) in [5.74, 6) is 0.370. The molecule has 1 unspecified atom stereocenters. The van der Waals surface area contributed by atoms with Crippen LogP contribution in [0.5, 0.6) is 0 Å². The monoisotopic (exact) mass is 267 g/mol. The van der Waals surface area contributed by atoms with Crippen molar-refractivity contribution < 1.29 is 9.90 Å². The van der Waals surface area contributed by atoms with Gasteiger partial charge in [0.2, 0.25) is 0 Å². The Balaban J connectivity index is 1.97. The Morgan fingerprint density at radius 1 is 1.33 bits per heavy atom. The van der Waals surface area contributed by atoms with Gasteiger partial charge in [0.25, 0.3) is 5.91 Å². The van der Waals surface area contributed by atoms with Crippen LogP contribution in [-0.2, 0) is 0 Å². The third-order valence-electron chi connectivity index (χ3n) is 3.60. The molecule has 18 heavy (non-hydrogen) atoms. The fourth-order valence-corrected chi connectivity index (χ4v) is 2.49. The van der Waals surface area contributed by atoms with E-state index in [1.54, 1.807) is 24.3 Å². The number of hydrogen-bond acceptors (Lipinski definition) is 2. The molecule has 98 valence electrons. The van der Waals surface area contributed by atoms with Crippen LogP contribution in [0.4, 0.5) is 0 Å². The number of aliphatic hydroxyl groups excluding tert-OH is 1. The Hall–Kier alpha value is -1.06. The van der Waals surface area contributed by atoms with Gasteiger partial charge in [-0.3, -0.25) is 4.79 Å². The van der Waals surface area contributed by atoms with Gasteiger partial charge in [-0.25, -0.2) is 0 Å². The number of carbonyl (C=O) groups is 1. The molecule has 1 aromatic rings. The molecule has 2 rings (SSSR count). The molecule has 1 aromatic carbocycles. The number of carbonyl (C=O) groups excluding carboxylic acids is 1. The maximum Gasteiger partial charge on any atom is 0.253 e. The van der Waals surface area contributed by atoms with Gasteiger partial charge in [-0.2, -0.15) is 0 Å². The van der Waals surface area contributed by atoms with Crippen molar-refractivity contribution in [1.82, 2.24) is 4.90 Å². The predicted octanol–water partition coefficient (Wildman–Crippen LogP) is 2.57. The van der Waals surface area contributed by atoms with Crippen LogP contribution in [-0.4, -0.2) is 35.1 Å². The first-order valence-electron chi connectivity index (χ1n) is 6.31. The SMILES string of the molecule is CC(O)C1CCN(C(=O)c2ccc(Cl)cc2)CC1. The summed E-state index contributed by atoms with van der Waals surface area (Å²) in [7, 11) is 0. The highest BCUT2D eigenvalue weighted by molar-refractivity contribution is 6.30. The molecule has 1 atom stereocenters. The Bertz CT molecular complexity index is 408. The fraction of sp³-hybridized carbons (Fsp3) is 0.500. The van der Waals surface area contributed by atoms with Crippen LogP contribution in [0.1, 0.15) is 30.1 Å². The maximum atomic E-state index is 12.2. The molecule has 1 aliphatic rings. The summed E-state index contributed by atoms with van der Waals surface area (Å²) in [6.07, 6.45) is 1.46. The summed E-state index contributed by atoms with van der Waals surface area (Å²) in [6, 6.07) is 6.98. The molecule has 0 aromatic heterocycles. The van der Waals surface area contributed by atoms with Gasteiger partial charge < -0.3 is 10.0 Å².